The van der Waals surface area contributed by atoms with Crippen molar-refractivity contribution >= 4 is 27.5 Å². The number of H-pyrrole nitrogens is 1. The molecule has 1 aliphatic rings. The molecule has 2 heteroatoms. The number of aromatic amines is 1. The van der Waals surface area contributed by atoms with Gasteiger partial charge >= 0.3 is 0 Å². The van der Waals surface area contributed by atoms with Gasteiger partial charge < -0.3 is 9.88 Å². The second-order valence-corrected chi connectivity index (χ2v) is 9.07. The van der Waals surface area contributed by atoms with E-state index in [9.17, 15) is 0 Å². The summed E-state index contributed by atoms with van der Waals surface area (Å²) in [6.45, 7) is 4.44. The Balaban J connectivity index is 1.70. The van der Waals surface area contributed by atoms with E-state index in [4.69, 9.17) is 0 Å². The molecule has 0 spiro atoms. The van der Waals surface area contributed by atoms with E-state index in [-0.39, 0.29) is 0 Å². The molecule has 6 rings (SSSR count). The van der Waals surface area contributed by atoms with Crippen LogP contribution >= 0.6 is 0 Å². The normalized spacial score (nSPS) is 14.0. The molecule has 0 amide bonds. The van der Waals surface area contributed by atoms with Gasteiger partial charge in [-0.05, 0) is 60.6 Å². The van der Waals surface area contributed by atoms with Gasteiger partial charge in [0.2, 0.25) is 0 Å². The highest BCUT2D eigenvalue weighted by Crippen LogP contribution is 2.43. The van der Waals surface area contributed by atoms with E-state index >= 15 is 0 Å². The number of anilines is 1. The molecule has 4 aromatic carbocycles. The third-order valence-corrected chi connectivity index (χ3v) is 6.87. The van der Waals surface area contributed by atoms with Gasteiger partial charge in [-0.3, -0.25) is 0 Å². The van der Waals surface area contributed by atoms with Gasteiger partial charge in [0.25, 0.3) is 0 Å². The summed E-state index contributed by atoms with van der Waals surface area (Å²) in [6, 6.07) is 31.1. The molecule has 158 valence electrons. The van der Waals surface area contributed by atoms with Gasteiger partial charge in [0, 0.05) is 29.4 Å². The first-order chi connectivity index (χ1) is 15.8. The molecule has 2 nitrogen and oxygen atoms in total. The van der Waals surface area contributed by atoms with E-state index in [1.807, 2.05) is 0 Å². The van der Waals surface area contributed by atoms with Gasteiger partial charge in [-0.1, -0.05) is 78.4 Å². The summed E-state index contributed by atoms with van der Waals surface area (Å²) in [6.07, 6.45) is 3.48. The van der Waals surface area contributed by atoms with Crippen LogP contribution in [0.2, 0.25) is 0 Å². The van der Waals surface area contributed by atoms with Crippen molar-refractivity contribution in [3.63, 3.8) is 0 Å². The van der Waals surface area contributed by atoms with E-state index in [1.165, 1.54) is 68.2 Å². The predicted molar refractivity (Wildman–Crippen MR) is 137 cm³/mol. The number of aryl methyl sites for hydroxylation is 1. The Hall–Kier alpha value is -3.52. The van der Waals surface area contributed by atoms with E-state index in [0.29, 0.717) is 0 Å². The van der Waals surface area contributed by atoms with Gasteiger partial charge in [-0.25, -0.2) is 0 Å². The van der Waals surface area contributed by atoms with E-state index in [1.54, 1.807) is 0 Å². The van der Waals surface area contributed by atoms with Crippen LogP contribution in [-0.2, 0) is 6.42 Å². The highest BCUT2D eigenvalue weighted by molar-refractivity contribution is 6.18. The van der Waals surface area contributed by atoms with Crippen molar-refractivity contribution < 1.29 is 0 Å². The third kappa shape index (κ3) is 3.27. The lowest BCUT2D eigenvalue weighted by Gasteiger charge is -2.22. The fourth-order valence-corrected chi connectivity index (χ4v) is 5.28. The lowest BCUT2D eigenvalue weighted by atomic mass is 9.89. The zero-order valence-corrected chi connectivity index (χ0v) is 18.6. The zero-order valence-electron chi connectivity index (χ0n) is 18.6. The summed E-state index contributed by atoms with van der Waals surface area (Å²) >= 11 is 0. The third-order valence-electron chi connectivity index (χ3n) is 6.87. The van der Waals surface area contributed by atoms with E-state index < -0.39 is 0 Å². The molecule has 2 heterocycles. The van der Waals surface area contributed by atoms with Crippen molar-refractivity contribution in [2.75, 3.05) is 18.0 Å². The molecule has 1 N–H and O–H groups in total. The molecule has 1 aliphatic heterocycles. The number of hydrogen-bond donors (Lipinski definition) is 1. The maximum atomic E-state index is 3.79. The van der Waals surface area contributed by atoms with Crippen LogP contribution in [0, 0.1) is 6.92 Å². The summed E-state index contributed by atoms with van der Waals surface area (Å²) in [5, 5.41) is 2.67. The monoisotopic (exact) mass is 416 g/mol. The van der Waals surface area contributed by atoms with Crippen LogP contribution in [0.15, 0.2) is 84.9 Å². The number of rotatable bonds is 4. The maximum absolute atomic E-state index is 3.79. The summed E-state index contributed by atoms with van der Waals surface area (Å²) in [5.74, 6) is 0. The van der Waals surface area contributed by atoms with Crippen LogP contribution in [0.25, 0.3) is 32.9 Å². The molecule has 32 heavy (non-hydrogen) atoms. The maximum Gasteiger partial charge on any atom is 0.0709 e. The van der Waals surface area contributed by atoms with Gasteiger partial charge in [0.1, 0.15) is 0 Å². The van der Waals surface area contributed by atoms with Crippen molar-refractivity contribution in [2.45, 2.75) is 26.2 Å². The second kappa shape index (κ2) is 7.87. The Kier molecular flexibility index (Phi) is 4.72. The number of nitrogens with one attached hydrogen (secondary N) is 1. The molecule has 0 aliphatic carbocycles. The second-order valence-electron chi connectivity index (χ2n) is 9.07. The Morgan fingerprint density at radius 2 is 1.53 bits per heavy atom. The zero-order chi connectivity index (χ0) is 21.5. The minimum atomic E-state index is 0.931. The molecule has 0 bridgehead atoms. The van der Waals surface area contributed by atoms with Gasteiger partial charge in [-0.2, -0.15) is 0 Å². The Morgan fingerprint density at radius 3 is 2.31 bits per heavy atom. The van der Waals surface area contributed by atoms with Crippen LogP contribution in [0.1, 0.15) is 29.5 Å². The van der Waals surface area contributed by atoms with Crippen LogP contribution in [0.3, 0.4) is 0 Å². The summed E-state index contributed by atoms with van der Waals surface area (Å²) in [7, 11) is 0. The standard InChI is InChI=1S/C30H28N2/c1-21-13-15-23(16-14-21)28-24(19-22-9-3-2-4-10-22)20-27(32-17-7-8-18-32)30-29(28)25-11-5-6-12-26(25)31-30/h2-6,9-16,20,31H,7-8,17-19H2,1H3. The number of hydrogen-bond acceptors (Lipinski definition) is 1. The molecule has 1 saturated heterocycles. The van der Waals surface area contributed by atoms with Crippen LogP contribution in [0.5, 0.6) is 0 Å². The Morgan fingerprint density at radius 1 is 0.812 bits per heavy atom. The summed E-state index contributed by atoms with van der Waals surface area (Å²) in [5.41, 5.74) is 10.6. The number of benzene rings is 4. The van der Waals surface area contributed by atoms with Gasteiger partial charge in [0.05, 0.1) is 11.2 Å². The molecule has 0 unspecified atom stereocenters. The number of aromatic nitrogens is 1. The van der Waals surface area contributed by atoms with E-state index in [0.717, 1.165) is 19.5 Å². The average molecular weight is 417 g/mol. The van der Waals surface area contributed by atoms with Gasteiger partial charge in [-0.15, -0.1) is 0 Å². The molecule has 0 atom stereocenters. The lowest BCUT2D eigenvalue weighted by Crippen LogP contribution is -2.18. The molecule has 0 saturated carbocycles. The highest BCUT2D eigenvalue weighted by Gasteiger charge is 2.22. The predicted octanol–water partition coefficient (Wildman–Crippen LogP) is 7.49. The average Bonchev–Trinajstić information content (AvgIpc) is 3.49. The quantitative estimate of drug-likeness (QED) is 0.322. The van der Waals surface area contributed by atoms with Crippen molar-refractivity contribution in [2.24, 2.45) is 0 Å². The van der Waals surface area contributed by atoms with Crippen LogP contribution < -0.4 is 4.90 Å². The molecular weight excluding hydrogens is 388 g/mol. The van der Waals surface area contributed by atoms with Crippen molar-refractivity contribution in [3.05, 3.63) is 102 Å². The molecule has 1 aromatic heterocycles. The Bertz CT molecular complexity index is 1390. The fourth-order valence-electron chi connectivity index (χ4n) is 5.28. The van der Waals surface area contributed by atoms with Gasteiger partial charge in [0.15, 0.2) is 0 Å². The first-order valence-corrected chi connectivity index (χ1v) is 11.7. The van der Waals surface area contributed by atoms with Crippen molar-refractivity contribution in [1.82, 2.24) is 4.98 Å². The minimum absolute atomic E-state index is 0.931. The topological polar surface area (TPSA) is 19.0 Å². The number of para-hydroxylation sites is 1. The fraction of sp³-hybridized carbons (Fsp3) is 0.200. The Labute approximate surface area is 189 Å². The first-order valence-electron chi connectivity index (χ1n) is 11.7. The highest BCUT2D eigenvalue weighted by atomic mass is 15.1. The SMILES string of the molecule is Cc1ccc(-c2c(Cc3ccccc3)cc(N3CCCC3)c3[nH]c4ccccc4c23)cc1. The van der Waals surface area contributed by atoms with Crippen molar-refractivity contribution in [1.29, 1.82) is 0 Å². The van der Waals surface area contributed by atoms with Crippen LogP contribution in [0.4, 0.5) is 5.69 Å². The minimum Gasteiger partial charge on any atom is -0.370 e. The number of nitrogens with zero attached hydrogens (tertiary/aromatic N) is 1. The summed E-state index contributed by atoms with van der Waals surface area (Å²) in [4.78, 5) is 6.37. The van der Waals surface area contributed by atoms with Crippen molar-refractivity contribution in [3.8, 4) is 11.1 Å². The molecule has 0 radical (unpaired) electrons. The summed E-state index contributed by atoms with van der Waals surface area (Å²) < 4.78 is 0. The largest absolute Gasteiger partial charge is 0.370 e. The molecule has 1 fully saturated rings. The van der Waals surface area contributed by atoms with E-state index in [2.05, 4.69) is 102 Å². The first kappa shape index (κ1) is 19.2. The molecule has 5 aromatic rings. The number of fused-ring (bicyclic) bond motifs is 3. The lowest BCUT2D eigenvalue weighted by molar-refractivity contribution is 0.949. The van der Waals surface area contributed by atoms with Crippen LogP contribution in [-0.4, -0.2) is 18.1 Å². The molecular formula is C30H28N2. The smallest absolute Gasteiger partial charge is 0.0709 e.